The van der Waals surface area contributed by atoms with Crippen molar-refractivity contribution >= 4 is 60.1 Å². The van der Waals surface area contributed by atoms with Crippen LogP contribution in [0.4, 0.5) is 5.69 Å². The number of carbonyl (C=O) groups excluding carboxylic acids is 3. The number of amides is 1. The van der Waals surface area contributed by atoms with E-state index in [2.05, 4.69) is 10.2 Å². The number of fused-ring (bicyclic) bond motifs is 1. The van der Waals surface area contributed by atoms with Gasteiger partial charge >= 0.3 is 11.9 Å². The van der Waals surface area contributed by atoms with Gasteiger partial charge in [-0.15, -0.1) is 36.6 Å². The van der Waals surface area contributed by atoms with Gasteiger partial charge in [-0.2, -0.15) is 0 Å². The molecular weight excluding hydrogens is 537 g/mol. The lowest BCUT2D eigenvalue weighted by Gasteiger charge is -2.28. The molecule has 0 aliphatic carbocycles. The van der Waals surface area contributed by atoms with Crippen LogP contribution in [-0.2, 0) is 23.9 Å². The van der Waals surface area contributed by atoms with E-state index >= 15 is 0 Å². The summed E-state index contributed by atoms with van der Waals surface area (Å²) in [6, 6.07) is 6.34. The molecule has 2 atom stereocenters. The highest BCUT2D eigenvalue weighted by molar-refractivity contribution is 7.99. The van der Waals surface area contributed by atoms with Crippen LogP contribution in [-0.4, -0.2) is 80.0 Å². The second kappa shape index (κ2) is 17.9. The first-order valence-corrected chi connectivity index (χ1v) is 13.9. The third kappa shape index (κ3) is 10.3. The van der Waals surface area contributed by atoms with Crippen LogP contribution in [0.5, 0.6) is 0 Å². The van der Waals surface area contributed by atoms with Crippen molar-refractivity contribution in [2.24, 2.45) is 0 Å². The summed E-state index contributed by atoms with van der Waals surface area (Å²) in [6.45, 7) is 7.26. The number of thioether (sulfide) groups is 1. The second-order valence-corrected chi connectivity index (χ2v) is 9.99. The van der Waals surface area contributed by atoms with E-state index in [1.165, 1.54) is 24.2 Å². The summed E-state index contributed by atoms with van der Waals surface area (Å²) in [7, 11) is 0. The third-order valence-electron chi connectivity index (χ3n) is 6.36. The number of likely N-dealkylation sites (tertiary alicyclic amines) is 1. The van der Waals surface area contributed by atoms with Crippen LogP contribution >= 0.6 is 36.6 Å². The Kier molecular flexibility index (Phi) is 16.2. The summed E-state index contributed by atoms with van der Waals surface area (Å²) >= 11 is 1.54. The molecule has 3 rings (SSSR count). The number of hydrogen-bond acceptors (Lipinski definition) is 8. The maximum absolute atomic E-state index is 13.6. The molecule has 37 heavy (non-hydrogen) atoms. The second-order valence-electron chi connectivity index (χ2n) is 8.93. The fraction of sp³-hybridized carbons (Fsp3) is 0.654. The molecule has 0 bridgehead atoms. The zero-order chi connectivity index (χ0) is 25.0. The lowest BCUT2D eigenvalue weighted by atomic mass is 10.1. The number of unbranched alkanes of at least 4 members (excludes halogenated alkanes) is 1. The number of hydrogen-bond donors (Lipinski definition) is 1. The summed E-state index contributed by atoms with van der Waals surface area (Å²) < 4.78 is 10.4. The molecule has 0 aromatic heterocycles. The zero-order valence-electron chi connectivity index (χ0n) is 21.8. The normalized spacial score (nSPS) is 18.5. The Balaban J connectivity index is 0.00000342. The highest BCUT2D eigenvalue weighted by Crippen LogP contribution is 2.34. The van der Waals surface area contributed by atoms with Crippen LogP contribution in [0.25, 0.3) is 0 Å². The highest BCUT2D eigenvalue weighted by atomic mass is 35.5. The summed E-state index contributed by atoms with van der Waals surface area (Å²) in [5.41, 5.74) is 0.689. The first-order valence-electron chi connectivity index (χ1n) is 12.9. The number of nitrogens with one attached hydrogen (secondary N) is 1. The molecule has 2 aliphatic rings. The predicted molar refractivity (Wildman–Crippen MR) is 152 cm³/mol. The average Bonchev–Trinajstić information content (AvgIpc) is 2.99. The van der Waals surface area contributed by atoms with Crippen molar-refractivity contribution in [3.63, 3.8) is 0 Å². The molecule has 1 N–H and O–H groups in total. The molecule has 8 nitrogen and oxygen atoms in total. The Bertz CT molecular complexity index is 857. The molecule has 1 aromatic rings. The smallest absolute Gasteiger partial charge is 0.326 e. The van der Waals surface area contributed by atoms with Gasteiger partial charge in [-0.1, -0.05) is 25.0 Å². The first-order chi connectivity index (χ1) is 17.0. The van der Waals surface area contributed by atoms with E-state index in [0.29, 0.717) is 24.5 Å². The van der Waals surface area contributed by atoms with Crippen molar-refractivity contribution in [2.45, 2.75) is 69.4 Å². The lowest BCUT2D eigenvalue weighted by molar-refractivity contribution is -0.146. The van der Waals surface area contributed by atoms with Gasteiger partial charge in [0.05, 0.1) is 24.9 Å². The average molecular weight is 579 g/mol. The molecule has 0 spiro atoms. The van der Waals surface area contributed by atoms with Crippen molar-refractivity contribution in [2.75, 3.05) is 50.0 Å². The van der Waals surface area contributed by atoms with Crippen molar-refractivity contribution in [1.29, 1.82) is 0 Å². The first kappa shape index (κ1) is 33.5. The van der Waals surface area contributed by atoms with E-state index in [1.54, 1.807) is 25.6 Å². The number of anilines is 1. The summed E-state index contributed by atoms with van der Waals surface area (Å²) in [5.74, 6) is -0.570. The molecule has 2 aliphatic heterocycles. The van der Waals surface area contributed by atoms with E-state index < -0.39 is 18.1 Å². The molecule has 1 amide bonds. The van der Waals surface area contributed by atoms with E-state index in [9.17, 15) is 14.4 Å². The molecular formula is C26H41Cl2N3O5S. The summed E-state index contributed by atoms with van der Waals surface area (Å²) in [6.07, 6.45) is 6.32. The molecule has 2 heterocycles. The maximum atomic E-state index is 13.6. The van der Waals surface area contributed by atoms with Gasteiger partial charge in [0.2, 0.25) is 5.91 Å². The molecule has 210 valence electrons. The number of esters is 2. The topological polar surface area (TPSA) is 88.2 Å². The van der Waals surface area contributed by atoms with Crippen LogP contribution < -0.4 is 10.2 Å². The Hall–Kier alpha value is -1.52. The van der Waals surface area contributed by atoms with Crippen LogP contribution in [0.3, 0.4) is 0 Å². The van der Waals surface area contributed by atoms with Crippen molar-refractivity contribution in [1.82, 2.24) is 10.2 Å². The fourth-order valence-corrected chi connectivity index (χ4v) is 5.68. The van der Waals surface area contributed by atoms with Gasteiger partial charge in [0.25, 0.3) is 0 Å². The lowest BCUT2D eigenvalue weighted by Crippen LogP contribution is -2.54. The van der Waals surface area contributed by atoms with Crippen LogP contribution in [0.1, 0.15) is 52.4 Å². The van der Waals surface area contributed by atoms with Gasteiger partial charge in [-0.05, 0) is 71.3 Å². The minimum absolute atomic E-state index is 0. The summed E-state index contributed by atoms with van der Waals surface area (Å²) in [4.78, 5) is 43.5. The van der Waals surface area contributed by atoms with Gasteiger partial charge in [0, 0.05) is 10.6 Å². The largest absolute Gasteiger partial charge is 0.465 e. The number of piperidine rings is 1. The van der Waals surface area contributed by atoms with Gasteiger partial charge in [0.1, 0.15) is 12.6 Å². The minimum Gasteiger partial charge on any atom is -0.465 e. The van der Waals surface area contributed by atoms with Gasteiger partial charge < -0.3 is 14.4 Å². The van der Waals surface area contributed by atoms with E-state index in [0.717, 1.165) is 37.4 Å². The minimum atomic E-state index is -0.627. The molecule has 1 unspecified atom stereocenters. The van der Waals surface area contributed by atoms with E-state index in [1.807, 2.05) is 24.3 Å². The quantitative estimate of drug-likeness (QED) is 0.293. The van der Waals surface area contributed by atoms with E-state index in [4.69, 9.17) is 9.47 Å². The van der Waals surface area contributed by atoms with Gasteiger partial charge in [-0.3, -0.25) is 24.6 Å². The van der Waals surface area contributed by atoms with Crippen molar-refractivity contribution in [3.05, 3.63) is 24.3 Å². The standard InChI is InChI=1S/C26H39N3O5S.2ClH/c1-3-33-24(30)18-29-22-13-6-7-14-23(22)35-19-21(25(29)31)27-20(26(32)34-4-2)12-8-11-17-28-15-9-5-10-16-28;;/h6-7,13-14,20-21,27H,3-5,8-12,15-19H2,1-2H3;2*1H/t20?,21-;;/m0../s1. The molecule has 1 fully saturated rings. The maximum Gasteiger partial charge on any atom is 0.326 e. The number of nitrogens with zero attached hydrogens (tertiary/aromatic N) is 2. The number of rotatable bonds is 12. The Morgan fingerprint density at radius 3 is 2.46 bits per heavy atom. The Labute approximate surface area is 237 Å². The van der Waals surface area contributed by atoms with Crippen LogP contribution in [0, 0.1) is 0 Å². The fourth-order valence-electron chi connectivity index (χ4n) is 4.59. The molecule has 0 saturated carbocycles. The van der Waals surface area contributed by atoms with Crippen molar-refractivity contribution in [3.8, 4) is 0 Å². The number of carbonyl (C=O) groups is 3. The monoisotopic (exact) mass is 577 g/mol. The molecule has 11 heteroatoms. The highest BCUT2D eigenvalue weighted by Gasteiger charge is 2.35. The van der Waals surface area contributed by atoms with Gasteiger partial charge in [-0.25, -0.2) is 0 Å². The number of ether oxygens (including phenoxy) is 2. The molecule has 0 radical (unpaired) electrons. The molecule has 1 aromatic carbocycles. The zero-order valence-corrected chi connectivity index (χ0v) is 24.3. The number of benzene rings is 1. The number of halogens is 2. The Morgan fingerprint density at radius 2 is 1.76 bits per heavy atom. The van der Waals surface area contributed by atoms with Crippen LogP contribution in [0.2, 0.25) is 0 Å². The number of para-hydroxylation sites is 1. The van der Waals surface area contributed by atoms with E-state index in [-0.39, 0.29) is 49.8 Å². The van der Waals surface area contributed by atoms with Gasteiger partial charge in [0.15, 0.2) is 0 Å². The predicted octanol–water partition coefficient (Wildman–Crippen LogP) is 4.08. The van der Waals surface area contributed by atoms with Crippen molar-refractivity contribution < 1.29 is 23.9 Å². The Morgan fingerprint density at radius 1 is 1.05 bits per heavy atom. The SMILES string of the molecule is CCOC(=O)CN1C(=O)[C@@H](NC(CCCCN2CCCCC2)C(=O)OCC)CSc2ccccc21.Cl.Cl. The summed E-state index contributed by atoms with van der Waals surface area (Å²) in [5, 5.41) is 3.29. The molecule has 1 saturated heterocycles. The van der Waals surface area contributed by atoms with Crippen LogP contribution in [0.15, 0.2) is 29.2 Å². The third-order valence-corrected chi connectivity index (χ3v) is 7.51.